The van der Waals surface area contributed by atoms with Crippen molar-refractivity contribution in [2.45, 2.75) is 6.54 Å². The molecule has 0 aliphatic rings. The highest BCUT2D eigenvalue weighted by Gasteiger charge is 2.09. The molecular formula is C16H15BrN4. The zero-order valence-electron chi connectivity index (χ0n) is 11.5. The predicted molar refractivity (Wildman–Crippen MR) is 88.6 cm³/mol. The molecule has 3 aromatic rings. The summed E-state index contributed by atoms with van der Waals surface area (Å²) in [7, 11) is 0. The highest BCUT2D eigenvalue weighted by atomic mass is 79.9. The highest BCUT2D eigenvalue weighted by molar-refractivity contribution is 9.09. The number of nitrogens with zero attached hydrogens (tertiary/aromatic N) is 4. The number of anilines is 1. The van der Waals surface area contributed by atoms with Crippen molar-refractivity contribution in [2.24, 2.45) is 0 Å². The molecule has 0 N–H and O–H groups in total. The zero-order valence-corrected chi connectivity index (χ0v) is 13.1. The third kappa shape index (κ3) is 3.36. The van der Waals surface area contributed by atoms with Gasteiger partial charge in [0.15, 0.2) is 5.65 Å². The third-order valence-corrected chi connectivity index (χ3v) is 3.57. The molecule has 106 valence electrons. The summed E-state index contributed by atoms with van der Waals surface area (Å²) >= 11 is 3.51. The molecule has 0 aliphatic carbocycles. The molecule has 0 saturated carbocycles. The second-order valence-corrected chi connectivity index (χ2v) is 5.46. The topological polar surface area (TPSA) is 41.9 Å². The van der Waals surface area contributed by atoms with Crippen LogP contribution in [0, 0.1) is 0 Å². The van der Waals surface area contributed by atoms with Crippen LogP contribution in [-0.4, -0.2) is 26.8 Å². The first kappa shape index (κ1) is 13.9. The number of pyridine rings is 1. The van der Waals surface area contributed by atoms with Crippen LogP contribution in [0.1, 0.15) is 5.56 Å². The maximum atomic E-state index is 4.62. The molecule has 2 heterocycles. The molecule has 0 radical (unpaired) electrons. The Morgan fingerprint density at radius 2 is 1.76 bits per heavy atom. The van der Waals surface area contributed by atoms with Gasteiger partial charge in [0, 0.05) is 30.8 Å². The minimum atomic E-state index is 0.683. The Balaban J connectivity index is 1.91. The largest absolute Gasteiger partial charge is 0.351 e. The quantitative estimate of drug-likeness (QED) is 0.666. The normalized spacial score (nSPS) is 10.7. The molecule has 2 aromatic heterocycles. The van der Waals surface area contributed by atoms with Gasteiger partial charge in [-0.3, -0.25) is 4.98 Å². The fraction of sp³-hybridized carbons (Fsp3) is 0.188. The van der Waals surface area contributed by atoms with Gasteiger partial charge >= 0.3 is 0 Å². The van der Waals surface area contributed by atoms with Crippen molar-refractivity contribution in [1.29, 1.82) is 0 Å². The standard InChI is InChI=1S/C16H15BrN4/c17-8-11-21(12-13-4-2-1-3-5-13)15-7-6-14-16(20-15)19-10-9-18-14/h1-7,9-10H,8,11-12H2. The summed E-state index contributed by atoms with van der Waals surface area (Å²) in [6.45, 7) is 1.71. The fourth-order valence-electron chi connectivity index (χ4n) is 2.20. The van der Waals surface area contributed by atoms with Crippen LogP contribution >= 0.6 is 15.9 Å². The molecule has 21 heavy (non-hydrogen) atoms. The molecule has 3 rings (SSSR count). The van der Waals surface area contributed by atoms with Gasteiger partial charge in [0.05, 0.1) is 0 Å². The van der Waals surface area contributed by atoms with Crippen LogP contribution in [0.15, 0.2) is 54.9 Å². The van der Waals surface area contributed by atoms with Gasteiger partial charge in [-0.15, -0.1) is 0 Å². The van der Waals surface area contributed by atoms with Crippen molar-refractivity contribution >= 4 is 32.9 Å². The van der Waals surface area contributed by atoms with Crippen LogP contribution in [-0.2, 0) is 6.54 Å². The molecule has 0 unspecified atom stereocenters. The number of rotatable bonds is 5. The second-order valence-electron chi connectivity index (χ2n) is 4.66. The van der Waals surface area contributed by atoms with Crippen LogP contribution in [0.3, 0.4) is 0 Å². The maximum Gasteiger partial charge on any atom is 0.180 e. The molecule has 5 heteroatoms. The summed E-state index contributed by atoms with van der Waals surface area (Å²) in [4.78, 5) is 15.4. The SMILES string of the molecule is BrCCN(Cc1ccccc1)c1ccc2nccnc2n1. The number of fused-ring (bicyclic) bond motifs is 1. The van der Waals surface area contributed by atoms with Crippen LogP contribution in [0.2, 0.25) is 0 Å². The van der Waals surface area contributed by atoms with Gasteiger partial charge in [-0.25, -0.2) is 9.97 Å². The first-order valence-corrected chi connectivity index (χ1v) is 7.91. The summed E-state index contributed by atoms with van der Waals surface area (Å²) < 4.78 is 0. The monoisotopic (exact) mass is 342 g/mol. The maximum absolute atomic E-state index is 4.62. The number of benzene rings is 1. The second kappa shape index (κ2) is 6.63. The number of alkyl halides is 1. The van der Waals surface area contributed by atoms with Crippen molar-refractivity contribution in [3.63, 3.8) is 0 Å². The van der Waals surface area contributed by atoms with E-state index >= 15 is 0 Å². The smallest absolute Gasteiger partial charge is 0.180 e. The Bertz CT molecular complexity index is 718. The summed E-state index contributed by atoms with van der Waals surface area (Å²) in [5.41, 5.74) is 2.77. The Morgan fingerprint density at radius 3 is 2.57 bits per heavy atom. The van der Waals surface area contributed by atoms with E-state index in [0.29, 0.717) is 5.65 Å². The summed E-state index contributed by atoms with van der Waals surface area (Å²) in [6, 6.07) is 14.4. The van der Waals surface area contributed by atoms with E-state index in [-0.39, 0.29) is 0 Å². The number of hydrogen-bond acceptors (Lipinski definition) is 4. The number of aromatic nitrogens is 3. The lowest BCUT2D eigenvalue weighted by Crippen LogP contribution is -2.25. The Hall–Kier alpha value is -2.01. The Morgan fingerprint density at radius 1 is 0.952 bits per heavy atom. The van der Waals surface area contributed by atoms with Gasteiger partial charge in [-0.05, 0) is 17.7 Å². The van der Waals surface area contributed by atoms with Gasteiger partial charge in [-0.2, -0.15) is 0 Å². The number of halogens is 1. The summed E-state index contributed by atoms with van der Waals surface area (Å²) in [6.07, 6.45) is 3.36. The van der Waals surface area contributed by atoms with Gasteiger partial charge in [0.25, 0.3) is 0 Å². The molecule has 0 amide bonds. The number of hydrogen-bond donors (Lipinski definition) is 0. The zero-order chi connectivity index (χ0) is 14.5. The molecule has 4 nitrogen and oxygen atoms in total. The van der Waals surface area contributed by atoms with Crippen LogP contribution in [0.5, 0.6) is 0 Å². The van der Waals surface area contributed by atoms with Crippen molar-refractivity contribution < 1.29 is 0 Å². The van der Waals surface area contributed by atoms with E-state index in [1.807, 2.05) is 18.2 Å². The first-order valence-electron chi connectivity index (χ1n) is 6.79. The molecule has 0 aliphatic heterocycles. The Kier molecular flexibility index (Phi) is 4.40. The van der Waals surface area contributed by atoms with Gasteiger partial charge in [0.1, 0.15) is 11.3 Å². The van der Waals surface area contributed by atoms with Crippen LogP contribution in [0.4, 0.5) is 5.82 Å². The lowest BCUT2D eigenvalue weighted by Gasteiger charge is -2.23. The van der Waals surface area contributed by atoms with Crippen LogP contribution in [0.25, 0.3) is 11.2 Å². The van der Waals surface area contributed by atoms with Crippen molar-refractivity contribution in [3.8, 4) is 0 Å². The average molecular weight is 343 g/mol. The van der Waals surface area contributed by atoms with E-state index in [2.05, 4.69) is 60.0 Å². The molecule has 0 atom stereocenters. The molecule has 0 fully saturated rings. The minimum absolute atomic E-state index is 0.683. The van der Waals surface area contributed by atoms with E-state index < -0.39 is 0 Å². The molecule has 1 aromatic carbocycles. The fourth-order valence-corrected chi connectivity index (χ4v) is 2.63. The lowest BCUT2D eigenvalue weighted by atomic mass is 10.2. The van der Waals surface area contributed by atoms with E-state index in [0.717, 1.165) is 29.8 Å². The van der Waals surface area contributed by atoms with E-state index in [4.69, 9.17) is 0 Å². The highest BCUT2D eigenvalue weighted by Crippen LogP contribution is 2.17. The first-order chi connectivity index (χ1) is 10.4. The van der Waals surface area contributed by atoms with Gasteiger partial charge < -0.3 is 4.90 Å². The molecule has 0 bridgehead atoms. The summed E-state index contributed by atoms with van der Waals surface area (Å²) in [5, 5.41) is 0.889. The lowest BCUT2D eigenvalue weighted by molar-refractivity contribution is 0.823. The average Bonchev–Trinajstić information content (AvgIpc) is 2.55. The van der Waals surface area contributed by atoms with E-state index in [1.165, 1.54) is 5.56 Å². The van der Waals surface area contributed by atoms with Crippen molar-refractivity contribution in [3.05, 3.63) is 60.4 Å². The van der Waals surface area contributed by atoms with Crippen molar-refractivity contribution in [1.82, 2.24) is 15.0 Å². The van der Waals surface area contributed by atoms with Gasteiger partial charge in [0.2, 0.25) is 0 Å². The summed E-state index contributed by atoms with van der Waals surface area (Å²) in [5.74, 6) is 0.923. The van der Waals surface area contributed by atoms with E-state index in [9.17, 15) is 0 Å². The minimum Gasteiger partial charge on any atom is -0.351 e. The predicted octanol–water partition coefficient (Wildman–Crippen LogP) is 3.43. The molecule has 0 saturated heterocycles. The van der Waals surface area contributed by atoms with E-state index in [1.54, 1.807) is 12.4 Å². The van der Waals surface area contributed by atoms with Gasteiger partial charge in [-0.1, -0.05) is 46.3 Å². The van der Waals surface area contributed by atoms with Crippen molar-refractivity contribution in [2.75, 3.05) is 16.8 Å². The molecular weight excluding hydrogens is 328 g/mol. The van der Waals surface area contributed by atoms with Crippen LogP contribution < -0.4 is 4.90 Å². The Labute approximate surface area is 132 Å². The third-order valence-electron chi connectivity index (χ3n) is 3.21. The molecule has 0 spiro atoms.